The molecule has 0 amide bonds. The summed E-state index contributed by atoms with van der Waals surface area (Å²) >= 11 is 1.45. The molecule has 2 rings (SSSR count). The molecule has 2 aromatic rings. The molecule has 80 valence electrons. The minimum absolute atomic E-state index is 0.114. The molecule has 0 unspecified atom stereocenters. The summed E-state index contributed by atoms with van der Waals surface area (Å²) in [5.41, 5.74) is 0.663. The van der Waals surface area contributed by atoms with Crippen LogP contribution >= 0.6 is 11.8 Å². The Balaban J connectivity index is 2.70. The number of H-pyrrole nitrogens is 1. The first kappa shape index (κ1) is 10.2. The van der Waals surface area contributed by atoms with Gasteiger partial charge in [0.25, 0.3) is 11.3 Å². The predicted octanol–water partition coefficient (Wildman–Crippen LogP) is 1.26. The molecule has 15 heavy (non-hydrogen) atoms. The summed E-state index contributed by atoms with van der Waals surface area (Å²) in [4.78, 5) is 20.2. The summed E-state index contributed by atoms with van der Waals surface area (Å²) in [5, 5.41) is 3.57. The van der Waals surface area contributed by atoms with Crippen LogP contribution in [0.5, 0.6) is 0 Å². The lowest BCUT2D eigenvalue weighted by atomic mass is 10.1. The minimum Gasteiger partial charge on any atom is -0.267 e. The number of nitrogens with one attached hydrogen (secondary N) is 1. The van der Waals surface area contributed by atoms with Gasteiger partial charge in [0.2, 0.25) is 0 Å². The third-order valence-electron chi connectivity index (χ3n) is 2.11. The Bertz CT molecular complexity index is 543. The third kappa shape index (κ3) is 1.77. The Kier molecular flexibility index (Phi) is 2.52. The molecule has 5 nitrogen and oxygen atoms in total. The highest BCUT2D eigenvalue weighted by Gasteiger charge is 2.09. The Hall–Kier alpha value is -1.30. The van der Waals surface area contributed by atoms with Crippen LogP contribution in [-0.4, -0.2) is 25.8 Å². The number of hydrogen-bond acceptors (Lipinski definition) is 4. The van der Waals surface area contributed by atoms with Gasteiger partial charge >= 0.3 is 0 Å². The summed E-state index contributed by atoms with van der Waals surface area (Å²) in [6, 6.07) is 1.54. The molecule has 2 heterocycles. The smallest absolute Gasteiger partial charge is 0.267 e. The standard InChI is InChI=1S/C9H12N4OS/c1-5(2)6-4-7(14)13-8(10-6)11-9(12-13)15-3/h4-5H,1-3H3,(H,10,11,12). The third-order valence-corrected chi connectivity index (χ3v) is 2.68. The molecule has 0 spiro atoms. The van der Waals surface area contributed by atoms with Gasteiger partial charge in [-0.3, -0.25) is 9.89 Å². The van der Waals surface area contributed by atoms with E-state index in [-0.39, 0.29) is 11.5 Å². The number of thioether (sulfide) groups is 1. The van der Waals surface area contributed by atoms with Gasteiger partial charge in [-0.1, -0.05) is 25.6 Å². The SMILES string of the molecule is CSc1nc2nc(C(C)C)cc(=O)n2[nH]1. The number of aromatic amines is 1. The van der Waals surface area contributed by atoms with Crippen LogP contribution in [0.3, 0.4) is 0 Å². The first-order chi connectivity index (χ1) is 7.11. The summed E-state index contributed by atoms with van der Waals surface area (Å²) in [5.74, 6) is 0.674. The van der Waals surface area contributed by atoms with E-state index in [1.165, 1.54) is 16.3 Å². The predicted molar refractivity (Wildman–Crippen MR) is 59.5 cm³/mol. The van der Waals surface area contributed by atoms with Crippen molar-refractivity contribution < 1.29 is 0 Å². The average Bonchev–Trinajstić information content (AvgIpc) is 2.61. The van der Waals surface area contributed by atoms with Crippen LogP contribution < -0.4 is 5.56 Å². The molecule has 0 bridgehead atoms. The molecule has 2 aromatic heterocycles. The Morgan fingerprint density at radius 3 is 2.80 bits per heavy atom. The zero-order chi connectivity index (χ0) is 11.0. The molecule has 1 N–H and O–H groups in total. The van der Waals surface area contributed by atoms with Gasteiger partial charge in [-0.15, -0.1) is 0 Å². The molecular formula is C9H12N4OS. The van der Waals surface area contributed by atoms with E-state index >= 15 is 0 Å². The fourth-order valence-electron chi connectivity index (χ4n) is 1.27. The van der Waals surface area contributed by atoms with Crippen LogP contribution in [0.15, 0.2) is 16.0 Å². The molecule has 0 saturated carbocycles. The van der Waals surface area contributed by atoms with E-state index in [0.717, 1.165) is 5.69 Å². The van der Waals surface area contributed by atoms with Gasteiger partial charge in [-0.05, 0) is 12.2 Å². The molecule has 6 heteroatoms. The van der Waals surface area contributed by atoms with Crippen LogP contribution in [0.1, 0.15) is 25.5 Å². The Labute approximate surface area is 90.9 Å². The fraction of sp³-hybridized carbons (Fsp3) is 0.444. The van der Waals surface area contributed by atoms with Crippen molar-refractivity contribution >= 4 is 17.5 Å². The van der Waals surface area contributed by atoms with Crippen LogP contribution in [0.2, 0.25) is 0 Å². The maximum atomic E-state index is 11.7. The van der Waals surface area contributed by atoms with E-state index < -0.39 is 0 Å². The lowest BCUT2D eigenvalue weighted by Crippen LogP contribution is -2.16. The van der Waals surface area contributed by atoms with E-state index in [2.05, 4.69) is 15.1 Å². The second-order valence-electron chi connectivity index (χ2n) is 3.54. The van der Waals surface area contributed by atoms with Crippen molar-refractivity contribution in [2.75, 3.05) is 6.26 Å². The number of rotatable bonds is 2. The molecule has 0 aliphatic rings. The molecule has 0 aliphatic heterocycles. The minimum atomic E-state index is -0.114. The van der Waals surface area contributed by atoms with Gasteiger partial charge in [0.15, 0.2) is 5.16 Å². The van der Waals surface area contributed by atoms with Crippen molar-refractivity contribution in [2.45, 2.75) is 24.9 Å². The van der Waals surface area contributed by atoms with Crippen molar-refractivity contribution in [1.29, 1.82) is 0 Å². The molecule has 0 radical (unpaired) electrons. The van der Waals surface area contributed by atoms with Crippen molar-refractivity contribution in [3.05, 3.63) is 22.1 Å². The highest BCUT2D eigenvalue weighted by molar-refractivity contribution is 7.98. The zero-order valence-corrected chi connectivity index (χ0v) is 9.63. The van der Waals surface area contributed by atoms with Crippen LogP contribution in [0.25, 0.3) is 5.78 Å². The van der Waals surface area contributed by atoms with E-state index in [4.69, 9.17) is 0 Å². The molecule has 0 aliphatic carbocycles. The normalized spacial score (nSPS) is 11.5. The lowest BCUT2D eigenvalue weighted by molar-refractivity contribution is 0.789. The second-order valence-corrected chi connectivity index (χ2v) is 4.34. The van der Waals surface area contributed by atoms with Crippen molar-refractivity contribution in [1.82, 2.24) is 19.6 Å². The first-order valence-corrected chi connectivity index (χ1v) is 5.88. The molecule has 0 atom stereocenters. The van der Waals surface area contributed by atoms with Gasteiger partial charge < -0.3 is 0 Å². The zero-order valence-electron chi connectivity index (χ0n) is 8.81. The van der Waals surface area contributed by atoms with E-state index in [1.807, 2.05) is 20.1 Å². The van der Waals surface area contributed by atoms with Crippen molar-refractivity contribution in [2.24, 2.45) is 0 Å². The monoisotopic (exact) mass is 224 g/mol. The number of nitrogens with zero attached hydrogens (tertiary/aromatic N) is 3. The largest absolute Gasteiger partial charge is 0.274 e. The van der Waals surface area contributed by atoms with Crippen LogP contribution in [-0.2, 0) is 0 Å². The van der Waals surface area contributed by atoms with E-state index in [1.54, 1.807) is 6.07 Å². The van der Waals surface area contributed by atoms with Gasteiger partial charge in [-0.2, -0.15) is 9.50 Å². The quantitative estimate of drug-likeness (QED) is 0.780. The van der Waals surface area contributed by atoms with Gasteiger partial charge in [-0.25, -0.2) is 4.98 Å². The summed E-state index contributed by atoms with van der Waals surface area (Å²) < 4.78 is 1.36. The van der Waals surface area contributed by atoms with Crippen LogP contribution in [0.4, 0.5) is 0 Å². The first-order valence-electron chi connectivity index (χ1n) is 4.65. The lowest BCUT2D eigenvalue weighted by Gasteiger charge is -2.01. The Morgan fingerprint density at radius 2 is 2.20 bits per heavy atom. The maximum Gasteiger partial charge on any atom is 0.274 e. The van der Waals surface area contributed by atoms with E-state index in [0.29, 0.717) is 10.9 Å². The van der Waals surface area contributed by atoms with E-state index in [9.17, 15) is 4.79 Å². The van der Waals surface area contributed by atoms with Crippen molar-refractivity contribution in [3.8, 4) is 0 Å². The number of fused-ring (bicyclic) bond motifs is 1. The highest BCUT2D eigenvalue weighted by atomic mass is 32.2. The number of aromatic nitrogens is 4. The number of hydrogen-bond donors (Lipinski definition) is 1. The second kappa shape index (κ2) is 3.69. The summed E-state index contributed by atoms with van der Waals surface area (Å²) in [6.07, 6.45) is 1.89. The van der Waals surface area contributed by atoms with Gasteiger partial charge in [0.05, 0.1) is 5.69 Å². The van der Waals surface area contributed by atoms with Crippen molar-refractivity contribution in [3.63, 3.8) is 0 Å². The fourth-order valence-corrected chi connectivity index (χ4v) is 1.62. The average molecular weight is 224 g/mol. The van der Waals surface area contributed by atoms with Gasteiger partial charge in [0, 0.05) is 6.07 Å². The van der Waals surface area contributed by atoms with Crippen LogP contribution in [0, 0.1) is 0 Å². The Morgan fingerprint density at radius 1 is 1.47 bits per heavy atom. The highest BCUT2D eigenvalue weighted by Crippen LogP contribution is 2.12. The van der Waals surface area contributed by atoms with Gasteiger partial charge in [0.1, 0.15) is 0 Å². The maximum absolute atomic E-state index is 11.7. The topological polar surface area (TPSA) is 63.1 Å². The molecular weight excluding hydrogens is 212 g/mol. The summed E-state index contributed by atoms with van der Waals surface area (Å²) in [7, 11) is 0. The molecule has 0 aromatic carbocycles. The summed E-state index contributed by atoms with van der Waals surface area (Å²) in [6.45, 7) is 4.00. The molecule has 0 saturated heterocycles. The molecule has 0 fully saturated rings.